The van der Waals surface area contributed by atoms with E-state index in [9.17, 15) is 10.2 Å². The topological polar surface area (TPSA) is 75.9 Å². The number of anilines is 2. The highest BCUT2D eigenvalue weighted by atomic mass is 19.1. The van der Waals surface area contributed by atoms with Gasteiger partial charge in [-0.25, -0.2) is 8.78 Å². The van der Waals surface area contributed by atoms with E-state index < -0.39 is 22.5 Å². The lowest BCUT2D eigenvalue weighted by atomic mass is 9.78. The number of hydrogen-bond acceptors (Lipinski definition) is 5. The molecule has 3 N–H and O–H groups in total. The highest BCUT2D eigenvalue weighted by molar-refractivity contribution is 6.12. The fourth-order valence-electron chi connectivity index (χ4n) is 16.8. The van der Waals surface area contributed by atoms with Crippen molar-refractivity contribution in [1.82, 2.24) is 4.57 Å². The van der Waals surface area contributed by atoms with Crippen LogP contribution >= 0.6 is 0 Å². The van der Waals surface area contributed by atoms with E-state index in [0.717, 1.165) is 88.7 Å². The van der Waals surface area contributed by atoms with Gasteiger partial charge in [0.2, 0.25) is 0 Å². The van der Waals surface area contributed by atoms with E-state index in [-0.39, 0.29) is 68.0 Å². The number of rotatable bonds is 16. The maximum Gasteiger partial charge on any atom is 0.147 e. The number of benzene rings is 12. The van der Waals surface area contributed by atoms with Crippen molar-refractivity contribution >= 4 is 33.2 Å². The fourth-order valence-corrected chi connectivity index (χ4v) is 16.8. The van der Waals surface area contributed by atoms with Gasteiger partial charge in [-0.2, -0.15) is 0 Å². The zero-order valence-corrected chi connectivity index (χ0v) is 81.1. The molecule has 0 unspecified atom stereocenters. The van der Waals surface area contributed by atoms with Crippen molar-refractivity contribution in [2.75, 3.05) is 18.5 Å². The standard InChI is InChI=1S/C117H138F2N2O4/c1-69-46-90(118)67-97(95-63-88(116(27,28)29)65-100(104(95)122)120-99-56-73(77-50-82(110(9,10)11)60-83(51-77)111(12,13)14)38-41-92(99)72-36-34-71(35-37-72)76-48-80(108(3,4)5)59-81(49-76)109(6,7)8)106(69)124-44-33-45-125-107-70(2)47-91(119)68-98(107)96-64-89(117(30,31)32)66-103(105(96)123)121-101-57-74(78-52-84(112(15,16)17)61-85(53-78)113(18,19)20)39-42-93(101)94-43-40-75(58-102(94)121)79-54-86(114(21,22)23)62-87(55-79)115(24,25)26/h34-43,46-68,120,122-123H,33,44-45H2,1-32H3. The molecule has 0 amide bonds. The Kier molecular flexibility index (Phi) is 24.2. The summed E-state index contributed by atoms with van der Waals surface area (Å²) in [5.41, 5.74) is 27.1. The molecule has 0 fully saturated rings. The molecule has 0 saturated heterocycles. The van der Waals surface area contributed by atoms with Crippen LogP contribution in [0.4, 0.5) is 20.2 Å². The van der Waals surface area contributed by atoms with E-state index in [1.165, 1.54) is 74.3 Å². The van der Waals surface area contributed by atoms with Gasteiger partial charge < -0.3 is 29.6 Å². The molecule has 0 aliphatic carbocycles. The second kappa shape index (κ2) is 32.9. The molecule has 1 aromatic heterocycles. The summed E-state index contributed by atoms with van der Waals surface area (Å²) >= 11 is 0. The van der Waals surface area contributed by atoms with Gasteiger partial charge in [0, 0.05) is 50.7 Å². The van der Waals surface area contributed by atoms with Crippen molar-refractivity contribution in [3.05, 3.63) is 279 Å². The van der Waals surface area contributed by atoms with Crippen LogP contribution in [0.5, 0.6) is 23.0 Å². The van der Waals surface area contributed by atoms with Gasteiger partial charge in [-0.15, -0.1) is 0 Å². The number of phenolic OH excluding ortho intramolecular Hbond substituents is 2. The second-order valence-electron chi connectivity index (χ2n) is 46.0. The lowest BCUT2D eigenvalue weighted by Crippen LogP contribution is -2.16. The molecule has 654 valence electrons. The largest absolute Gasteiger partial charge is 0.505 e. The number of nitrogens with one attached hydrogen (secondary N) is 1. The number of nitrogens with zero attached hydrogens (tertiary/aromatic N) is 1. The summed E-state index contributed by atoms with van der Waals surface area (Å²) in [5, 5.41) is 32.8. The third-order valence-corrected chi connectivity index (χ3v) is 25.3. The fraction of sp³-hybridized carbons (Fsp3) is 0.385. The van der Waals surface area contributed by atoms with Gasteiger partial charge in [-0.3, -0.25) is 0 Å². The Bertz CT molecular complexity index is 6040. The van der Waals surface area contributed by atoms with Gasteiger partial charge in [0.05, 0.1) is 35.6 Å². The monoisotopic (exact) mass is 1670 g/mol. The number of aromatic hydroxyl groups is 2. The highest BCUT2D eigenvalue weighted by Gasteiger charge is 2.32. The summed E-state index contributed by atoms with van der Waals surface area (Å²) in [6, 6.07) is 70.9. The number of halogens is 2. The molecule has 13 aromatic rings. The van der Waals surface area contributed by atoms with Crippen molar-refractivity contribution in [3.63, 3.8) is 0 Å². The van der Waals surface area contributed by atoms with Crippen LogP contribution in [0.2, 0.25) is 0 Å². The predicted octanol–water partition coefficient (Wildman–Crippen LogP) is 33.3. The molecule has 6 nitrogen and oxygen atoms in total. The Morgan fingerprint density at radius 1 is 0.264 bits per heavy atom. The molecule has 0 saturated carbocycles. The smallest absolute Gasteiger partial charge is 0.147 e. The molecule has 0 bridgehead atoms. The van der Waals surface area contributed by atoms with Crippen molar-refractivity contribution < 1.29 is 28.5 Å². The molecule has 0 aliphatic heterocycles. The van der Waals surface area contributed by atoms with Gasteiger partial charge >= 0.3 is 0 Å². The van der Waals surface area contributed by atoms with Crippen LogP contribution < -0.4 is 14.8 Å². The SMILES string of the molecule is Cc1cc(F)cc(-c2cc(C(C)(C)C)cc(Nc3cc(-c4cc(C(C)(C)C)cc(C(C)(C)C)c4)ccc3-c3ccc(-c4cc(C(C)(C)C)cc(C(C)(C)C)c4)cc3)c2O)c1OCCCOc1c(C)cc(F)cc1-c1cc(C(C)(C)C)cc(-n2c3cc(-c4cc(C(C)(C)C)cc(C(C)(C)C)c4)ccc3c3ccc(-c4cc(C(C)(C)C)cc(C(C)(C)C)c4)cc32)c1O. The highest BCUT2D eigenvalue weighted by Crippen LogP contribution is 2.52. The molecule has 0 atom stereocenters. The Morgan fingerprint density at radius 2 is 0.552 bits per heavy atom. The third kappa shape index (κ3) is 19.8. The third-order valence-electron chi connectivity index (χ3n) is 25.3. The van der Waals surface area contributed by atoms with Gasteiger partial charge in [0.25, 0.3) is 0 Å². The van der Waals surface area contributed by atoms with Crippen LogP contribution in [0.25, 0.3) is 105 Å². The van der Waals surface area contributed by atoms with Crippen molar-refractivity contribution in [3.8, 4) is 107 Å². The van der Waals surface area contributed by atoms with Crippen molar-refractivity contribution in [2.24, 2.45) is 0 Å². The average molecular weight is 1670 g/mol. The summed E-state index contributed by atoms with van der Waals surface area (Å²) in [5.74, 6) is -0.205. The van der Waals surface area contributed by atoms with Crippen LogP contribution in [0.15, 0.2) is 200 Å². The lowest BCUT2D eigenvalue weighted by Gasteiger charge is -2.27. The summed E-state index contributed by atoms with van der Waals surface area (Å²) in [7, 11) is 0. The Morgan fingerprint density at radius 3 is 0.896 bits per heavy atom. The van der Waals surface area contributed by atoms with Gasteiger partial charge in [-0.1, -0.05) is 341 Å². The zero-order valence-electron chi connectivity index (χ0n) is 81.1. The Balaban J connectivity index is 0.884. The molecule has 13 rings (SSSR count). The molecule has 125 heavy (non-hydrogen) atoms. The lowest BCUT2D eigenvalue weighted by molar-refractivity contribution is 0.246. The number of ether oxygens (including phenoxy) is 2. The minimum atomic E-state index is -0.476. The van der Waals surface area contributed by atoms with Gasteiger partial charge in [0.1, 0.15) is 34.6 Å². The van der Waals surface area contributed by atoms with E-state index in [0.29, 0.717) is 62.7 Å². The minimum absolute atomic E-state index is 0.0272. The summed E-state index contributed by atoms with van der Waals surface area (Å²) < 4.78 is 49.2. The first-order chi connectivity index (χ1) is 57.7. The van der Waals surface area contributed by atoms with E-state index in [1.807, 2.05) is 32.0 Å². The Labute approximate surface area is 747 Å². The van der Waals surface area contributed by atoms with Gasteiger partial charge in [-0.05, 0) is 252 Å². The van der Waals surface area contributed by atoms with Crippen molar-refractivity contribution in [1.29, 1.82) is 0 Å². The van der Waals surface area contributed by atoms with Crippen LogP contribution in [0.3, 0.4) is 0 Å². The predicted molar refractivity (Wildman–Crippen MR) is 530 cm³/mol. The second-order valence-corrected chi connectivity index (χ2v) is 46.0. The molecular weight excluding hydrogens is 1540 g/mol. The van der Waals surface area contributed by atoms with Crippen LogP contribution in [0, 0.1) is 25.5 Å². The molecule has 1 heterocycles. The first-order valence-corrected chi connectivity index (χ1v) is 45.1. The van der Waals surface area contributed by atoms with Gasteiger partial charge in [0.15, 0.2) is 0 Å². The number of phenols is 2. The average Bonchev–Trinajstić information content (AvgIpc) is 1.58. The molecule has 0 spiro atoms. The minimum Gasteiger partial charge on any atom is -0.505 e. The number of aryl methyl sites for hydroxylation is 2. The van der Waals surface area contributed by atoms with Crippen molar-refractivity contribution in [2.45, 2.75) is 282 Å². The van der Waals surface area contributed by atoms with E-state index in [1.54, 1.807) is 0 Å². The molecular formula is C117H138F2N2O4. The zero-order chi connectivity index (χ0) is 91.7. The maximum absolute atomic E-state index is 16.7. The summed E-state index contributed by atoms with van der Waals surface area (Å²) in [6.07, 6.45) is 0.349. The summed E-state index contributed by atoms with van der Waals surface area (Å²) in [4.78, 5) is 0. The van der Waals surface area contributed by atoms with E-state index in [4.69, 9.17) is 9.47 Å². The first kappa shape index (κ1) is 92.0. The van der Waals surface area contributed by atoms with E-state index >= 15 is 8.78 Å². The molecule has 12 aromatic carbocycles. The van der Waals surface area contributed by atoms with Crippen LogP contribution in [-0.4, -0.2) is 28.0 Å². The first-order valence-electron chi connectivity index (χ1n) is 45.1. The van der Waals surface area contributed by atoms with Crippen LogP contribution in [-0.2, 0) is 54.1 Å². The normalized spacial score (nSPS) is 13.0. The Hall–Kier alpha value is -10.7. The molecule has 8 heteroatoms. The molecule has 0 radical (unpaired) electrons. The molecule has 0 aliphatic rings. The summed E-state index contributed by atoms with van der Waals surface area (Å²) in [6.45, 7) is 71.3. The number of hydrogen-bond donors (Lipinski definition) is 3. The maximum atomic E-state index is 16.7. The van der Waals surface area contributed by atoms with E-state index in [2.05, 4.69) is 375 Å². The number of fused-ring (bicyclic) bond motifs is 3. The number of aromatic nitrogens is 1. The van der Waals surface area contributed by atoms with Crippen LogP contribution in [0.1, 0.15) is 281 Å². The quantitative estimate of drug-likeness (QED) is 0.0664.